The van der Waals surface area contributed by atoms with Crippen LogP contribution in [0, 0.1) is 5.92 Å². The van der Waals surface area contributed by atoms with Gasteiger partial charge in [0, 0.05) is 19.8 Å². The third-order valence-corrected chi connectivity index (χ3v) is 4.78. The molecular weight excluding hydrogens is 258 g/mol. The van der Waals surface area contributed by atoms with Gasteiger partial charge in [0.15, 0.2) is 0 Å². The molecule has 0 spiro atoms. The van der Waals surface area contributed by atoms with E-state index >= 15 is 0 Å². The van der Waals surface area contributed by atoms with Gasteiger partial charge in [-0.3, -0.25) is 0 Å². The second-order valence-corrected chi connectivity index (χ2v) is 6.25. The Morgan fingerprint density at radius 1 is 1.54 bits per heavy atom. The Kier molecular flexibility index (Phi) is 4.64. The van der Waals surface area contributed by atoms with E-state index in [1.54, 1.807) is 0 Å². The van der Waals surface area contributed by atoms with Crippen molar-refractivity contribution >= 4 is 26.0 Å². The third-order valence-electron chi connectivity index (χ3n) is 2.04. The minimum Gasteiger partial charge on any atom is -0.381 e. The minimum atomic E-state index is -3.09. The van der Waals surface area contributed by atoms with Crippen molar-refractivity contribution in [3.8, 4) is 0 Å². The van der Waals surface area contributed by atoms with E-state index in [2.05, 4.69) is 20.7 Å². The molecule has 0 bridgehead atoms. The Labute approximate surface area is 87.2 Å². The van der Waals surface area contributed by atoms with Crippen molar-refractivity contribution < 1.29 is 13.2 Å². The van der Waals surface area contributed by atoms with Gasteiger partial charge in [-0.2, -0.15) is 0 Å². The highest BCUT2D eigenvalue weighted by molar-refractivity contribution is 9.10. The van der Waals surface area contributed by atoms with E-state index in [9.17, 15) is 8.42 Å². The molecule has 0 aromatic rings. The van der Waals surface area contributed by atoms with Crippen LogP contribution in [0.25, 0.3) is 0 Å². The highest BCUT2D eigenvalue weighted by Gasteiger charge is 2.16. The second-order valence-electron chi connectivity index (χ2n) is 3.14. The SMILES string of the molecule is O=S(=O)(CBr)NCCC1CCOC1. The average Bonchev–Trinajstić information content (AvgIpc) is 2.57. The first-order chi connectivity index (χ1) is 6.14. The van der Waals surface area contributed by atoms with Gasteiger partial charge in [0.25, 0.3) is 0 Å². The number of alkyl halides is 1. The number of nitrogens with one attached hydrogen (secondary N) is 1. The number of hydrogen-bond acceptors (Lipinski definition) is 3. The number of halogens is 1. The van der Waals surface area contributed by atoms with Crippen LogP contribution in [0.2, 0.25) is 0 Å². The molecule has 0 aromatic heterocycles. The zero-order valence-electron chi connectivity index (χ0n) is 7.33. The van der Waals surface area contributed by atoms with Gasteiger partial charge in [0.2, 0.25) is 10.0 Å². The van der Waals surface area contributed by atoms with Crippen LogP contribution in [-0.4, -0.2) is 32.8 Å². The van der Waals surface area contributed by atoms with Crippen LogP contribution < -0.4 is 4.72 Å². The molecule has 0 aromatic carbocycles. The summed E-state index contributed by atoms with van der Waals surface area (Å²) in [5, 5.41) is 0. The van der Waals surface area contributed by atoms with Gasteiger partial charge in [-0.05, 0) is 18.8 Å². The highest BCUT2D eigenvalue weighted by atomic mass is 79.9. The summed E-state index contributed by atoms with van der Waals surface area (Å²) in [4.78, 5) is 0. The van der Waals surface area contributed by atoms with Gasteiger partial charge >= 0.3 is 0 Å². The van der Waals surface area contributed by atoms with Crippen molar-refractivity contribution in [3.63, 3.8) is 0 Å². The summed E-state index contributed by atoms with van der Waals surface area (Å²) in [6.45, 7) is 2.11. The molecule has 4 nitrogen and oxygen atoms in total. The molecule has 0 aliphatic carbocycles. The molecule has 1 heterocycles. The van der Waals surface area contributed by atoms with Gasteiger partial charge in [0.1, 0.15) is 4.66 Å². The monoisotopic (exact) mass is 271 g/mol. The van der Waals surface area contributed by atoms with E-state index in [0.717, 1.165) is 26.1 Å². The van der Waals surface area contributed by atoms with E-state index in [1.807, 2.05) is 0 Å². The van der Waals surface area contributed by atoms with Crippen LogP contribution in [0.15, 0.2) is 0 Å². The van der Waals surface area contributed by atoms with Gasteiger partial charge in [0.05, 0.1) is 0 Å². The molecule has 6 heteroatoms. The van der Waals surface area contributed by atoms with Crippen LogP contribution >= 0.6 is 15.9 Å². The molecule has 0 saturated carbocycles. The lowest BCUT2D eigenvalue weighted by molar-refractivity contribution is 0.184. The summed E-state index contributed by atoms with van der Waals surface area (Å²) in [6, 6.07) is 0. The first-order valence-electron chi connectivity index (χ1n) is 4.25. The molecule has 1 fully saturated rings. The molecule has 1 aliphatic rings. The lowest BCUT2D eigenvalue weighted by atomic mass is 10.1. The fourth-order valence-corrected chi connectivity index (χ4v) is 2.26. The van der Waals surface area contributed by atoms with Gasteiger partial charge < -0.3 is 4.74 Å². The summed E-state index contributed by atoms with van der Waals surface area (Å²) >= 11 is 2.91. The molecule has 0 radical (unpaired) electrons. The molecule has 13 heavy (non-hydrogen) atoms. The topological polar surface area (TPSA) is 55.4 Å². The Balaban J connectivity index is 2.13. The van der Waals surface area contributed by atoms with Crippen LogP contribution in [0.4, 0.5) is 0 Å². The number of rotatable bonds is 5. The molecule has 78 valence electrons. The van der Waals surface area contributed by atoms with Crippen LogP contribution in [-0.2, 0) is 14.8 Å². The maximum absolute atomic E-state index is 11.0. The van der Waals surface area contributed by atoms with E-state index in [0.29, 0.717) is 12.5 Å². The van der Waals surface area contributed by atoms with Gasteiger partial charge in [-0.15, -0.1) is 0 Å². The standard InChI is InChI=1S/C7H14BrNO3S/c8-6-13(10,11)9-3-1-7-2-4-12-5-7/h7,9H,1-6H2. The predicted octanol–water partition coefficient (Wildman–Crippen LogP) is 0.685. The van der Waals surface area contributed by atoms with Gasteiger partial charge in [-0.1, -0.05) is 15.9 Å². The molecule has 1 atom stereocenters. The summed E-state index contributed by atoms with van der Waals surface area (Å²) in [7, 11) is -3.09. The van der Waals surface area contributed by atoms with Crippen molar-refractivity contribution in [3.05, 3.63) is 0 Å². The predicted molar refractivity (Wildman–Crippen MR) is 54.3 cm³/mol. The summed E-state index contributed by atoms with van der Waals surface area (Å²) < 4.78 is 29.6. The number of ether oxygens (including phenoxy) is 1. The maximum Gasteiger partial charge on any atom is 0.221 e. The Morgan fingerprint density at radius 3 is 2.85 bits per heavy atom. The minimum absolute atomic E-state index is 0.0266. The average molecular weight is 272 g/mol. The summed E-state index contributed by atoms with van der Waals surface area (Å²) in [6.07, 6.45) is 1.92. The molecule has 1 rings (SSSR count). The van der Waals surface area contributed by atoms with Crippen LogP contribution in [0.5, 0.6) is 0 Å². The molecule has 1 unspecified atom stereocenters. The molecule has 0 amide bonds. The zero-order valence-corrected chi connectivity index (χ0v) is 9.73. The van der Waals surface area contributed by atoms with Crippen molar-refractivity contribution in [2.75, 3.05) is 24.4 Å². The molecule has 1 N–H and O–H groups in total. The normalized spacial score (nSPS) is 23.6. The first-order valence-corrected chi connectivity index (χ1v) is 7.02. The van der Waals surface area contributed by atoms with Crippen molar-refractivity contribution in [1.29, 1.82) is 0 Å². The highest BCUT2D eigenvalue weighted by Crippen LogP contribution is 2.15. The fraction of sp³-hybridized carbons (Fsp3) is 1.00. The first kappa shape index (κ1) is 11.4. The molecule has 1 saturated heterocycles. The fourth-order valence-electron chi connectivity index (χ4n) is 1.27. The Morgan fingerprint density at radius 2 is 2.31 bits per heavy atom. The van der Waals surface area contributed by atoms with Crippen molar-refractivity contribution in [2.24, 2.45) is 5.92 Å². The Hall–Kier alpha value is 0.350. The van der Waals surface area contributed by atoms with Crippen LogP contribution in [0.3, 0.4) is 0 Å². The zero-order chi connectivity index (χ0) is 9.73. The molecular formula is C7H14BrNO3S. The van der Waals surface area contributed by atoms with E-state index in [-0.39, 0.29) is 4.66 Å². The quantitative estimate of drug-likeness (QED) is 0.749. The number of sulfonamides is 1. The van der Waals surface area contributed by atoms with Gasteiger partial charge in [-0.25, -0.2) is 13.1 Å². The summed E-state index contributed by atoms with van der Waals surface area (Å²) in [5.74, 6) is 0.526. The smallest absolute Gasteiger partial charge is 0.221 e. The lowest BCUT2D eigenvalue weighted by Crippen LogP contribution is -2.26. The van der Waals surface area contributed by atoms with E-state index in [4.69, 9.17) is 4.74 Å². The third kappa shape index (κ3) is 4.39. The molecule has 1 aliphatic heterocycles. The second kappa shape index (κ2) is 5.29. The Bertz CT molecular complexity index is 236. The lowest BCUT2D eigenvalue weighted by Gasteiger charge is -2.07. The van der Waals surface area contributed by atoms with Crippen molar-refractivity contribution in [2.45, 2.75) is 12.8 Å². The van der Waals surface area contributed by atoms with Crippen molar-refractivity contribution in [1.82, 2.24) is 4.72 Å². The van der Waals surface area contributed by atoms with E-state index < -0.39 is 10.0 Å². The van der Waals surface area contributed by atoms with E-state index in [1.165, 1.54) is 0 Å². The number of hydrogen-bond donors (Lipinski definition) is 1. The largest absolute Gasteiger partial charge is 0.381 e. The summed E-state index contributed by atoms with van der Waals surface area (Å²) in [5.41, 5.74) is 0. The van der Waals surface area contributed by atoms with Crippen LogP contribution in [0.1, 0.15) is 12.8 Å². The maximum atomic E-state index is 11.0.